The highest BCUT2D eigenvalue weighted by Crippen LogP contribution is 2.44. The number of β-amino-alcohol motifs (C(OH)–C–C–N with tert-alkyl or cyclic N) is 2. The Morgan fingerprint density at radius 2 is 1.59 bits per heavy atom. The van der Waals surface area contributed by atoms with Crippen LogP contribution in [0.1, 0.15) is 57.1 Å². The summed E-state index contributed by atoms with van der Waals surface area (Å²) in [5.74, 6) is -0.643. The fraction of sp³-hybridized carbons (Fsp3) is 0.514. The quantitative estimate of drug-likeness (QED) is 0.0810. The first kappa shape index (κ1) is 39.1. The van der Waals surface area contributed by atoms with E-state index < -0.39 is 47.5 Å². The van der Waals surface area contributed by atoms with Crippen molar-refractivity contribution >= 4 is 24.2 Å². The summed E-state index contributed by atoms with van der Waals surface area (Å²) in [6, 6.07) is 15.0. The first-order valence-corrected chi connectivity index (χ1v) is 17.3. The predicted molar refractivity (Wildman–Crippen MR) is 190 cm³/mol. The lowest BCUT2D eigenvalue weighted by molar-refractivity contribution is -0.124. The maximum absolute atomic E-state index is 13.3. The molecule has 2 aromatic carbocycles. The Balaban J connectivity index is 1.26. The highest BCUT2D eigenvalue weighted by atomic mass is 16.6. The van der Waals surface area contributed by atoms with Crippen LogP contribution in [-0.2, 0) is 19.0 Å². The van der Waals surface area contributed by atoms with Crippen molar-refractivity contribution in [3.63, 3.8) is 0 Å². The molecule has 1 fully saturated rings. The molecule has 0 unspecified atom stereocenters. The van der Waals surface area contributed by atoms with Gasteiger partial charge in [0, 0.05) is 38.6 Å². The van der Waals surface area contributed by atoms with Crippen molar-refractivity contribution in [2.24, 2.45) is 0 Å². The Bertz CT molecular complexity index is 1480. The Morgan fingerprint density at radius 3 is 2.22 bits per heavy atom. The molecule has 1 aliphatic heterocycles. The number of hydrogen-bond acceptors (Lipinski definition) is 10. The third-order valence-electron chi connectivity index (χ3n) is 8.45. The molecule has 0 spiro atoms. The van der Waals surface area contributed by atoms with Gasteiger partial charge >= 0.3 is 18.3 Å². The number of likely N-dealkylation sites (tertiary alicyclic amines) is 1. The van der Waals surface area contributed by atoms with Crippen LogP contribution in [0, 0.1) is 0 Å². The number of hydrogen-bond donors (Lipinski definition) is 6. The van der Waals surface area contributed by atoms with Crippen LogP contribution in [0.2, 0.25) is 0 Å². The van der Waals surface area contributed by atoms with Crippen molar-refractivity contribution < 1.29 is 43.6 Å². The van der Waals surface area contributed by atoms with Crippen molar-refractivity contribution in [1.29, 1.82) is 0 Å². The van der Waals surface area contributed by atoms with Gasteiger partial charge < -0.3 is 45.7 Å². The molecule has 1 aliphatic carbocycles. The van der Waals surface area contributed by atoms with Crippen LogP contribution in [0.3, 0.4) is 0 Å². The Kier molecular flexibility index (Phi) is 13.8. The second-order valence-corrected chi connectivity index (χ2v) is 14.0. The molecule has 2 aliphatic rings. The molecule has 0 aromatic heterocycles. The molecule has 2 atom stereocenters. The molecular formula is C37H51N5O9. The molecule has 6 N–H and O–H groups in total. The van der Waals surface area contributed by atoms with E-state index in [4.69, 9.17) is 14.2 Å². The fourth-order valence-electron chi connectivity index (χ4n) is 6.18. The summed E-state index contributed by atoms with van der Waals surface area (Å²) in [6.07, 6.45) is -0.202. The predicted octanol–water partition coefficient (Wildman–Crippen LogP) is 3.02. The summed E-state index contributed by atoms with van der Waals surface area (Å²) in [4.78, 5) is 51.8. The highest BCUT2D eigenvalue weighted by Gasteiger charge is 2.42. The van der Waals surface area contributed by atoms with Crippen LogP contribution in [0.5, 0.6) is 0 Å². The number of ether oxygens (including phenoxy) is 3. The minimum absolute atomic E-state index is 0.0111. The lowest BCUT2D eigenvalue weighted by Crippen LogP contribution is -2.67. The number of unbranched alkanes of at least 4 members (excludes halogenated alkanes) is 1. The lowest BCUT2D eigenvalue weighted by atomic mass is 9.93. The van der Waals surface area contributed by atoms with Gasteiger partial charge in [0.05, 0.1) is 12.6 Å². The van der Waals surface area contributed by atoms with E-state index in [1.807, 2.05) is 48.5 Å². The zero-order valence-electron chi connectivity index (χ0n) is 29.6. The van der Waals surface area contributed by atoms with E-state index in [0.29, 0.717) is 19.4 Å². The maximum Gasteiger partial charge on any atom is 0.407 e. The van der Waals surface area contributed by atoms with E-state index in [-0.39, 0.29) is 58.3 Å². The summed E-state index contributed by atoms with van der Waals surface area (Å²) >= 11 is 0. The topological polar surface area (TPSA) is 188 Å². The summed E-state index contributed by atoms with van der Waals surface area (Å²) in [6.45, 7) is 9.74. The van der Waals surface area contributed by atoms with Gasteiger partial charge in [-0.25, -0.2) is 14.4 Å². The van der Waals surface area contributed by atoms with E-state index in [1.165, 1.54) is 6.08 Å². The van der Waals surface area contributed by atoms with Crippen molar-refractivity contribution in [3.05, 3.63) is 72.3 Å². The molecule has 2 aromatic rings. The van der Waals surface area contributed by atoms with Crippen LogP contribution >= 0.6 is 0 Å². The number of nitrogens with zero attached hydrogens (tertiary/aromatic N) is 1. The molecule has 4 amide bonds. The minimum Gasteiger partial charge on any atom is -0.449 e. The van der Waals surface area contributed by atoms with E-state index in [2.05, 4.69) is 27.8 Å². The Hall–Kier alpha value is -4.66. The van der Waals surface area contributed by atoms with Gasteiger partial charge in [0.15, 0.2) is 0 Å². The smallest absolute Gasteiger partial charge is 0.407 e. The SMILES string of the molecule is C=CCOC(=O)NCC1(O)CN(C[C@H](O)CNC(=O)[C@H](CCCCNC(=O)OC(C)(C)C)NC(=O)OCC2c3ccccc3-c3ccccc32)C1. The molecule has 51 heavy (non-hydrogen) atoms. The van der Waals surface area contributed by atoms with Gasteiger partial charge in [-0.1, -0.05) is 61.2 Å². The number of benzene rings is 2. The first-order chi connectivity index (χ1) is 24.3. The summed E-state index contributed by atoms with van der Waals surface area (Å²) < 4.78 is 15.8. The molecule has 278 valence electrons. The summed E-state index contributed by atoms with van der Waals surface area (Å²) in [7, 11) is 0. The van der Waals surface area contributed by atoms with E-state index in [9.17, 15) is 29.4 Å². The number of aliphatic hydroxyl groups excluding tert-OH is 1. The van der Waals surface area contributed by atoms with Crippen LogP contribution in [0.15, 0.2) is 61.2 Å². The van der Waals surface area contributed by atoms with Crippen molar-refractivity contribution in [2.75, 3.05) is 52.5 Å². The van der Waals surface area contributed by atoms with E-state index in [0.717, 1.165) is 22.3 Å². The third-order valence-corrected chi connectivity index (χ3v) is 8.45. The van der Waals surface area contributed by atoms with Crippen LogP contribution in [-0.4, -0.2) is 115 Å². The second-order valence-electron chi connectivity index (χ2n) is 14.0. The van der Waals surface area contributed by atoms with Gasteiger partial charge in [-0.3, -0.25) is 9.69 Å². The van der Waals surface area contributed by atoms with Gasteiger partial charge in [0.1, 0.15) is 30.5 Å². The van der Waals surface area contributed by atoms with Crippen molar-refractivity contribution in [3.8, 4) is 11.1 Å². The van der Waals surface area contributed by atoms with E-state index in [1.54, 1.807) is 25.7 Å². The standard InChI is InChI=1S/C37H51N5O9/c1-5-18-49-33(45)40-22-37(48)23-42(24-37)20-25(43)19-39-32(44)31(16-10-11-17-38-34(46)51-36(2,3)4)41-35(47)50-21-30-28-14-8-6-12-26(28)27-13-7-9-15-29(27)30/h5-9,12-15,25,30-31,43,48H,1,10-11,16-24H2,2-4H3,(H,38,46)(H,39,44)(H,40,45)(H,41,47)/t25-,31+/m1/s1. The summed E-state index contributed by atoms with van der Waals surface area (Å²) in [5, 5.41) is 31.8. The second kappa shape index (κ2) is 18.0. The normalized spacial score (nSPS) is 15.9. The number of amides is 4. The van der Waals surface area contributed by atoms with Crippen LogP contribution in [0.4, 0.5) is 14.4 Å². The van der Waals surface area contributed by atoms with Gasteiger partial charge in [-0.15, -0.1) is 0 Å². The first-order valence-electron chi connectivity index (χ1n) is 17.3. The monoisotopic (exact) mass is 709 g/mol. The molecule has 14 nitrogen and oxygen atoms in total. The average molecular weight is 710 g/mol. The van der Waals surface area contributed by atoms with Crippen LogP contribution < -0.4 is 21.3 Å². The maximum atomic E-state index is 13.3. The zero-order valence-corrected chi connectivity index (χ0v) is 29.6. The third kappa shape index (κ3) is 12.0. The molecule has 4 rings (SSSR count). The molecule has 14 heteroatoms. The minimum atomic E-state index is -1.16. The number of rotatable bonds is 17. The number of carbonyl (C=O) groups is 4. The van der Waals surface area contributed by atoms with Gasteiger partial charge in [-0.2, -0.15) is 0 Å². The highest BCUT2D eigenvalue weighted by molar-refractivity contribution is 5.85. The Morgan fingerprint density at radius 1 is 0.941 bits per heavy atom. The number of aliphatic hydroxyl groups is 2. The molecule has 1 heterocycles. The number of carbonyl (C=O) groups excluding carboxylic acids is 4. The van der Waals surface area contributed by atoms with Gasteiger partial charge in [0.2, 0.25) is 5.91 Å². The van der Waals surface area contributed by atoms with Crippen molar-refractivity contribution in [2.45, 2.75) is 69.3 Å². The molecule has 0 saturated carbocycles. The zero-order chi connectivity index (χ0) is 37.0. The summed E-state index contributed by atoms with van der Waals surface area (Å²) in [5.41, 5.74) is 2.54. The van der Waals surface area contributed by atoms with Gasteiger partial charge in [-0.05, 0) is 62.3 Å². The number of fused-ring (bicyclic) bond motifs is 3. The Labute approximate surface area is 298 Å². The number of alkyl carbamates (subject to hydrolysis) is 3. The van der Waals surface area contributed by atoms with Gasteiger partial charge in [0.25, 0.3) is 0 Å². The average Bonchev–Trinajstić information content (AvgIpc) is 3.39. The fourth-order valence-corrected chi connectivity index (χ4v) is 6.18. The molecule has 0 bridgehead atoms. The van der Waals surface area contributed by atoms with Crippen molar-refractivity contribution in [1.82, 2.24) is 26.2 Å². The largest absolute Gasteiger partial charge is 0.449 e. The van der Waals surface area contributed by atoms with E-state index >= 15 is 0 Å². The number of nitrogens with one attached hydrogen (secondary N) is 4. The molecule has 1 saturated heterocycles. The molecule has 0 radical (unpaired) electrons. The molecular weight excluding hydrogens is 658 g/mol. The lowest BCUT2D eigenvalue weighted by Gasteiger charge is -2.47. The van der Waals surface area contributed by atoms with Crippen LogP contribution in [0.25, 0.3) is 11.1 Å².